The minimum absolute atomic E-state index is 0.640. The van der Waals surface area contributed by atoms with E-state index in [4.69, 9.17) is 9.05 Å². The lowest BCUT2D eigenvalue weighted by Crippen LogP contribution is -1.95. The summed E-state index contributed by atoms with van der Waals surface area (Å²) in [6.07, 6.45) is 64.8. The van der Waals surface area contributed by atoms with E-state index in [-0.39, 0.29) is 0 Å². The van der Waals surface area contributed by atoms with Gasteiger partial charge in [0.2, 0.25) is 0 Å². The molecule has 0 aromatic heterocycles. The predicted octanol–water partition coefficient (Wildman–Crippen LogP) is 19.2. The summed E-state index contributed by atoms with van der Waals surface area (Å²) >= 11 is 0. The van der Waals surface area contributed by atoms with Crippen LogP contribution in [-0.2, 0) is 9.05 Å². The first-order chi connectivity index (χ1) is 26.8. The van der Waals surface area contributed by atoms with Crippen molar-refractivity contribution < 1.29 is 13.9 Å². The first kappa shape index (κ1) is 54.3. The van der Waals surface area contributed by atoms with Crippen molar-refractivity contribution in [3.05, 3.63) is 0 Å². The number of rotatable bonds is 50. The second-order valence-electron chi connectivity index (χ2n) is 17.5. The fourth-order valence-electron chi connectivity index (χ4n) is 8.10. The van der Waals surface area contributed by atoms with Gasteiger partial charge >= 0.3 is 8.60 Å². The van der Waals surface area contributed by atoms with Crippen molar-refractivity contribution >= 4 is 8.60 Å². The molecule has 3 nitrogen and oxygen atoms in total. The zero-order chi connectivity index (χ0) is 38.9. The van der Waals surface area contributed by atoms with Crippen molar-refractivity contribution in [3.8, 4) is 0 Å². The Labute approximate surface area is 343 Å². The first-order valence-electron chi connectivity index (χ1n) is 25.6. The van der Waals surface area contributed by atoms with Crippen LogP contribution >= 0.6 is 8.60 Å². The number of hydrogen-bond acceptors (Lipinski definition) is 3. The fraction of sp³-hybridized carbons (Fsp3) is 1.00. The molecule has 4 heteroatoms. The van der Waals surface area contributed by atoms with Gasteiger partial charge in [0.25, 0.3) is 0 Å². The third kappa shape index (κ3) is 50.3. The highest BCUT2D eigenvalue weighted by atomic mass is 31.2. The summed E-state index contributed by atoms with van der Waals surface area (Å²) in [4.78, 5) is 10.0. The Morgan fingerprint density at radius 2 is 0.352 bits per heavy atom. The average Bonchev–Trinajstić information content (AvgIpc) is 3.18. The van der Waals surface area contributed by atoms with Gasteiger partial charge in [-0.25, -0.2) is 0 Å². The molecule has 0 aromatic carbocycles. The molecule has 0 rings (SSSR count). The van der Waals surface area contributed by atoms with Gasteiger partial charge in [-0.15, -0.1) is 0 Å². The van der Waals surface area contributed by atoms with Gasteiger partial charge in [-0.2, -0.15) is 0 Å². The topological polar surface area (TPSA) is 38.7 Å². The van der Waals surface area contributed by atoms with Crippen LogP contribution in [0.15, 0.2) is 0 Å². The van der Waals surface area contributed by atoms with E-state index in [9.17, 15) is 4.89 Å². The quantitative estimate of drug-likeness (QED) is 0.0493. The molecule has 0 aliphatic heterocycles. The molecular weight excluding hydrogens is 680 g/mol. The average molecular weight is 783 g/mol. The number of hydrogen-bond donors (Lipinski definition) is 1. The van der Waals surface area contributed by atoms with Gasteiger partial charge in [0, 0.05) is 0 Å². The van der Waals surface area contributed by atoms with Gasteiger partial charge in [-0.3, -0.25) is 0 Å². The van der Waals surface area contributed by atoms with Gasteiger partial charge in [0.05, 0.1) is 13.2 Å². The lowest BCUT2D eigenvalue weighted by Gasteiger charge is -2.10. The fourth-order valence-corrected chi connectivity index (χ4v) is 8.74. The van der Waals surface area contributed by atoms with Crippen LogP contribution in [0, 0.1) is 0 Å². The van der Waals surface area contributed by atoms with Gasteiger partial charge in [-0.05, 0) is 12.8 Å². The van der Waals surface area contributed by atoms with E-state index in [1.54, 1.807) is 0 Å². The molecule has 0 unspecified atom stereocenters. The molecule has 0 spiro atoms. The molecule has 0 fully saturated rings. The Kier molecular flexibility index (Phi) is 51.6. The standard InChI is InChI=1S/C50H103O3P/c1-3-5-7-9-11-13-15-17-19-21-23-25-27-29-31-33-35-37-39-41-43-45-47-49-52-54(51)53-50-48-46-44-42-40-38-36-34-32-30-28-26-24-22-20-18-16-14-12-10-8-6-4-2/h51H,3-50H2,1-2H3. The lowest BCUT2D eigenvalue weighted by molar-refractivity contribution is 0.193. The molecule has 0 saturated carbocycles. The van der Waals surface area contributed by atoms with Crippen molar-refractivity contribution in [2.75, 3.05) is 13.2 Å². The van der Waals surface area contributed by atoms with Crippen LogP contribution in [0.5, 0.6) is 0 Å². The van der Waals surface area contributed by atoms with Crippen molar-refractivity contribution in [1.29, 1.82) is 0 Å². The lowest BCUT2D eigenvalue weighted by atomic mass is 10.0. The summed E-state index contributed by atoms with van der Waals surface area (Å²) in [6.45, 7) is 5.89. The van der Waals surface area contributed by atoms with Crippen LogP contribution in [0.25, 0.3) is 0 Å². The number of unbranched alkanes of at least 4 members (excludes halogenated alkanes) is 44. The highest BCUT2D eigenvalue weighted by molar-refractivity contribution is 7.40. The molecule has 0 radical (unpaired) electrons. The van der Waals surface area contributed by atoms with Crippen LogP contribution in [-0.4, -0.2) is 18.1 Å². The molecule has 0 saturated heterocycles. The Hall–Kier alpha value is 0.310. The zero-order valence-corrected chi connectivity index (χ0v) is 38.5. The van der Waals surface area contributed by atoms with E-state index in [1.165, 1.54) is 283 Å². The molecule has 0 aromatic rings. The summed E-state index contributed by atoms with van der Waals surface area (Å²) in [5.74, 6) is 0. The molecule has 326 valence electrons. The molecular formula is C50H103O3P. The highest BCUT2D eigenvalue weighted by Gasteiger charge is 2.06. The molecule has 1 N–H and O–H groups in total. The molecule has 0 aliphatic rings. The summed E-state index contributed by atoms with van der Waals surface area (Å²) in [5, 5.41) is 0. The monoisotopic (exact) mass is 783 g/mol. The molecule has 0 amide bonds. The highest BCUT2D eigenvalue weighted by Crippen LogP contribution is 2.33. The predicted molar refractivity (Wildman–Crippen MR) is 245 cm³/mol. The summed E-state index contributed by atoms with van der Waals surface area (Å²) in [6, 6.07) is 0. The van der Waals surface area contributed by atoms with Gasteiger partial charge in [0.15, 0.2) is 0 Å². The Morgan fingerprint density at radius 1 is 0.222 bits per heavy atom. The molecule has 0 heterocycles. The van der Waals surface area contributed by atoms with Gasteiger partial charge in [-0.1, -0.05) is 296 Å². The maximum Gasteiger partial charge on any atom is 0.329 e. The smallest absolute Gasteiger partial charge is 0.328 e. The zero-order valence-electron chi connectivity index (χ0n) is 37.7. The molecule has 54 heavy (non-hydrogen) atoms. The minimum Gasteiger partial charge on any atom is -0.328 e. The van der Waals surface area contributed by atoms with E-state index >= 15 is 0 Å². The Bertz CT molecular complexity index is 579. The van der Waals surface area contributed by atoms with Gasteiger partial charge in [0.1, 0.15) is 0 Å². The van der Waals surface area contributed by atoms with Crippen LogP contribution in [0.4, 0.5) is 0 Å². The largest absolute Gasteiger partial charge is 0.329 e. The van der Waals surface area contributed by atoms with E-state index in [1.807, 2.05) is 0 Å². The minimum atomic E-state index is -1.68. The normalized spacial score (nSPS) is 11.8. The van der Waals surface area contributed by atoms with E-state index in [2.05, 4.69) is 13.8 Å². The molecule has 0 aliphatic carbocycles. The van der Waals surface area contributed by atoms with Gasteiger partial charge < -0.3 is 13.9 Å². The molecule has 0 atom stereocenters. The van der Waals surface area contributed by atoms with Crippen molar-refractivity contribution in [1.82, 2.24) is 0 Å². The third-order valence-electron chi connectivity index (χ3n) is 11.9. The van der Waals surface area contributed by atoms with Crippen molar-refractivity contribution in [3.63, 3.8) is 0 Å². The van der Waals surface area contributed by atoms with E-state index in [0.717, 1.165) is 12.8 Å². The maximum absolute atomic E-state index is 10.0. The third-order valence-corrected chi connectivity index (χ3v) is 12.7. The van der Waals surface area contributed by atoms with Crippen molar-refractivity contribution in [2.24, 2.45) is 0 Å². The van der Waals surface area contributed by atoms with Crippen molar-refractivity contribution in [2.45, 2.75) is 309 Å². The van der Waals surface area contributed by atoms with Crippen LogP contribution in [0.3, 0.4) is 0 Å². The summed E-state index contributed by atoms with van der Waals surface area (Å²) in [5.41, 5.74) is 0. The second-order valence-corrected chi connectivity index (χ2v) is 18.5. The maximum atomic E-state index is 10.0. The Balaban J connectivity index is 3.14. The first-order valence-corrected chi connectivity index (χ1v) is 26.7. The van der Waals surface area contributed by atoms with Crippen LogP contribution < -0.4 is 0 Å². The Morgan fingerprint density at radius 3 is 0.500 bits per heavy atom. The molecule has 0 bridgehead atoms. The summed E-state index contributed by atoms with van der Waals surface area (Å²) < 4.78 is 11.1. The van der Waals surface area contributed by atoms with Crippen LogP contribution in [0.2, 0.25) is 0 Å². The SMILES string of the molecule is CCCCCCCCCCCCCCCCCCCCCCCCCOP(O)OCCCCCCCCCCCCCCCCCCCCCCCCC. The van der Waals surface area contributed by atoms with E-state index < -0.39 is 8.60 Å². The second kappa shape index (κ2) is 51.3. The summed E-state index contributed by atoms with van der Waals surface area (Å²) in [7, 11) is -1.68. The van der Waals surface area contributed by atoms with E-state index in [0.29, 0.717) is 13.2 Å². The van der Waals surface area contributed by atoms with Crippen LogP contribution in [0.1, 0.15) is 309 Å².